The number of hydrogen-bond acceptors (Lipinski definition) is 3. The molecule has 0 atom stereocenters. The van der Waals surface area contributed by atoms with Crippen LogP contribution in [0.4, 0.5) is 8.78 Å². The van der Waals surface area contributed by atoms with Crippen LogP contribution in [0.3, 0.4) is 0 Å². The van der Waals surface area contributed by atoms with Crippen LogP contribution >= 0.6 is 11.6 Å². The molecular formula is C8H6BClF2N2O2. The van der Waals surface area contributed by atoms with Crippen LogP contribution in [-0.4, -0.2) is 26.9 Å². The summed E-state index contributed by atoms with van der Waals surface area (Å²) in [5.74, 6) is 0. The largest absolute Gasteiger partial charge is 0.490 e. The lowest BCUT2D eigenvalue weighted by Gasteiger charge is -2.01. The molecule has 0 aliphatic rings. The van der Waals surface area contributed by atoms with Crippen LogP contribution in [0.15, 0.2) is 18.3 Å². The fraction of sp³-hybridized carbons (Fsp3) is 0.125. The summed E-state index contributed by atoms with van der Waals surface area (Å²) in [6, 6.07) is 2.80. The zero-order valence-corrected chi connectivity index (χ0v) is 8.57. The Labute approximate surface area is 94.2 Å². The molecule has 8 heteroatoms. The molecule has 0 unspecified atom stereocenters. The minimum atomic E-state index is -2.76. The minimum Gasteiger partial charge on any atom is -0.423 e. The molecule has 16 heavy (non-hydrogen) atoms. The molecule has 0 amide bonds. The van der Waals surface area contributed by atoms with Crippen LogP contribution in [0.25, 0.3) is 10.9 Å². The summed E-state index contributed by atoms with van der Waals surface area (Å²) >= 11 is 5.81. The van der Waals surface area contributed by atoms with Crippen LogP contribution < -0.4 is 5.46 Å². The SMILES string of the molecule is OB(O)c1ccc2cn(C(F)F)nc2c1Cl. The lowest BCUT2D eigenvalue weighted by atomic mass is 9.80. The number of fused-ring (bicyclic) bond motifs is 1. The summed E-state index contributed by atoms with van der Waals surface area (Å²) in [7, 11) is -1.76. The van der Waals surface area contributed by atoms with Crippen molar-refractivity contribution in [2.45, 2.75) is 6.55 Å². The first kappa shape index (κ1) is 11.3. The lowest BCUT2D eigenvalue weighted by Crippen LogP contribution is -2.30. The van der Waals surface area contributed by atoms with E-state index in [2.05, 4.69) is 5.10 Å². The number of aromatic nitrogens is 2. The van der Waals surface area contributed by atoms with Crippen LogP contribution in [0.5, 0.6) is 0 Å². The molecule has 1 aromatic heterocycles. The van der Waals surface area contributed by atoms with Crippen molar-refractivity contribution in [1.82, 2.24) is 9.78 Å². The Morgan fingerprint density at radius 2 is 2.06 bits per heavy atom. The Kier molecular flexibility index (Phi) is 2.83. The monoisotopic (exact) mass is 246 g/mol. The highest BCUT2D eigenvalue weighted by molar-refractivity contribution is 6.63. The standard InChI is InChI=1S/C8H6BClF2N2O2/c10-6-5(9(15)16)2-1-4-3-14(8(11)12)13-7(4)6/h1-3,8,15-16H. The first-order chi connectivity index (χ1) is 7.50. The van der Waals surface area contributed by atoms with Crippen molar-refractivity contribution in [3.8, 4) is 0 Å². The summed E-state index contributed by atoms with van der Waals surface area (Å²) in [5, 5.41) is 21.9. The second-order valence-corrected chi connectivity index (χ2v) is 3.55. The molecule has 1 aromatic carbocycles. The van der Waals surface area contributed by atoms with E-state index < -0.39 is 13.7 Å². The molecule has 4 nitrogen and oxygen atoms in total. The van der Waals surface area contributed by atoms with Crippen molar-refractivity contribution in [2.24, 2.45) is 0 Å². The number of hydrogen-bond donors (Lipinski definition) is 2. The van der Waals surface area contributed by atoms with Gasteiger partial charge in [0, 0.05) is 17.0 Å². The predicted molar refractivity (Wildman–Crippen MR) is 55.8 cm³/mol. The number of halogens is 3. The van der Waals surface area contributed by atoms with Crippen molar-refractivity contribution in [3.05, 3.63) is 23.4 Å². The Bertz CT molecular complexity index is 532. The van der Waals surface area contributed by atoms with Gasteiger partial charge in [0.1, 0.15) is 5.52 Å². The molecule has 1 heterocycles. The third kappa shape index (κ3) is 1.77. The second kappa shape index (κ2) is 4.01. The minimum absolute atomic E-state index is 0.0353. The van der Waals surface area contributed by atoms with Gasteiger partial charge in [-0.3, -0.25) is 0 Å². The van der Waals surface area contributed by atoms with Crippen LogP contribution in [0, 0.1) is 0 Å². The van der Waals surface area contributed by atoms with E-state index in [9.17, 15) is 8.78 Å². The fourth-order valence-corrected chi connectivity index (χ4v) is 1.69. The normalized spacial score (nSPS) is 11.4. The molecule has 2 N–H and O–H groups in total. The van der Waals surface area contributed by atoms with Gasteiger partial charge < -0.3 is 10.0 Å². The number of benzene rings is 1. The summed E-state index contributed by atoms with van der Waals surface area (Å²) < 4.78 is 25.2. The average molecular weight is 246 g/mol. The fourth-order valence-electron chi connectivity index (χ4n) is 1.39. The highest BCUT2D eigenvalue weighted by atomic mass is 35.5. The Morgan fingerprint density at radius 3 is 2.62 bits per heavy atom. The van der Waals surface area contributed by atoms with Gasteiger partial charge >= 0.3 is 13.7 Å². The van der Waals surface area contributed by atoms with Gasteiger partial charge in [0.15, 0.2) is 0 Å². The molecule has 0 spiro atoms. The van der Waals surface area contributed by atoms with Gasteiger partial charge in [0.25, 0.3) is 0 Å². The number of rotatable bonds is 2. The summed E-state index contributed by atoms with van der Waals surface area (Å²) in [6.07, 6.45) is 1.14. The van der Waals surface area contributed by atoms with Crippen molar-refractivity contribution < 1.29 is 18.8 Å². The first-order valence-corrected chi connectivity index (χ1v) is 4.70. The highest BCUT2D eigenvalue weighted by Gasteiger charge is 2.19. The van der Waals surface area contributed by atoms with E-state index in [1.54, 1.807) is 0 Å². The molecule has 0 aliphatic heterocycles. The molecular weight excluding hydrogens is 240 g/mol. The van der Waals surface area contributed by atoms with E-state index in [1.807, 2.05) is 0 Å². The van der Waals surface area contributed by atoms with Gasteiger partial charge in [0.05, 0.1) is 5.02 Å². The number of alkyl halides is 2. The Balaban J connectivity index is 2.65. The summed E-state index contributed by atoms with van der Waals surface area (Å²) in [6.45, 7) is -2.76. The molecule has 0 saturated heterocycles. The maximum Gasteiger partial charge on any atom is 0.490 e. The first-order valence-electron chi connectivity index (χ1n) is 4.32. The zero-order valence-electron chi connectivity index (χ0n) is 7.81. The van der Waals surface area contributed by atoms with E-state index in [-0.39, 0.29) is 16.0 Å². The lowest BCUT2D eigenvalue weighted by molar-refractivity contribution is 0.0574. The van der Waals surface area contributed by atoms with Crippen molar-refractivity contribution >= 4 is 35.1 Å². The van der Waals surface area contributed by atoms with Gasteiger partial charge in [-0.05, 0) is 0 Å². The highest BCUT2D eigenvalue weighted by Crippen LogP contribution is 2.22. The Morgan fingerprint density at radius 1 is 1.38 bits per heavy atom. The van der Waals surface area contributed by atoms with Crippen LogP contribution in [0.1, 0.15) is 6.55 Å². The topological polar surface area (TPSA) is 58.3 Å². The third-order valence-electron chi connectivity index (χ3n) is 2.14. The molecule has 0 saturated carbocycles. The summed E-state index contributed by atoms with van der Waals surface area (Å²) in [4.78, 5) is 0. The molecule has 2 rings (SSSR count). The molecule has 0 aliphatic carbocycles. The van der Waals surface area contributed by atoms with E-state index in [1.165, 1.54) is 12.1 Å². The van der Waals surface area contributed by atoms with Gasteiger partial charge in [-0.25, -0.2) is 4.68 Å². The van der Waals surface area contributed by atoms with E-state index in [4.69, 9.17) is 21.6 Å². The summed E-state index contributed by atoms with van der Waals surface area (Å²) in [5.41, 5.74) is 0.154. The molecule has 84 valence electrons. The van der Waals surface area contributed by atoms with Gasteiger partial charge in [0.2, 0.25) is 0 Å². The third-order valence-corrected chi connectivity index (χ3v) is 2.54. The van der Waals surface area contributed by atoms with Crippen molar-refractivity contribution in [2.75, 3.05) is 0 Å². The molecule has 0 fully saturated rings. The number of nitrogens with zero attached hydrogens (tertiary/aromatic N) is 2. The van der Waals surface area contributed by atoms with Crippen molar-refractivity contribution in [3.63, 3.8) is 0 Å². The smallest absolute Gasteiger partial charge is 0.423 e. The van der Waals surface area contributed by atoms with E-state index >= 15 is 0 Å². The van der Waals surface area contributed by atoms with Gasteiger partial charge in [-0.15, -0.1) is 0 Å². The van der Waals surface area contributed by atoms with Gasteiger partial charge in [-0.1, -0.05) is 23.7 Å². The van der Waals surface area contributed by atoms with Crippen LogP contribution in [0.2, 0.25) is 5.02 Å². The predicted octanol–water partition coefficient (Wildman–Crippen LogP) is 0.765. The second-order valence-electron chi connectivity index (χ2n) is 3.17. The van der Waals surface area contributed by atoms with Gasteiger partial charge in [-0.2, -0.15) is 13.9 Å². The quantitative estimate of drug-likeness (QED) is 0.769. The van der Waals surface area contributed by atoms with Crippen molar-refractivity contribution in [1.29, 1.82) is 0 Å². The average Bonchev–Trinajstić information content (AvgIpc) is 2.62. The molecule has 0 bridgehead atoms. The van der Waals surface area contributed by atoms with E-state index in [0.717, 1.165) is 6.20 Å². The molecule has 0 radical (unpaired) electrons. The Hall–Kier alpha value is -1.18. The molecule has 2 aromatic rings. The van der Waals surface area contributed by atoms with Crippen LogP contribution in [-0.2, 0) is 0 Å². The van der Waals surface area contributed by atoms with E-state index in [0.29, 0.717) is 10.1 Å². The maximum atomic E-state index is 12.4. The zero-order chi connectivity index (χ0) is 11.9. The maximum absolute atomic E-state index is 12.4.